The fourth-order valence-electron chi connectivity index (χ4n) is 2.46. The number of halogens is 1. The molecule has 1 saturated heterocycles. The Hall–Kier alpha value is -1.60. The summed E-state index contributed by atoms with van der Waals surface area (Å²) in [5, 5.41) is 12.5. The lowest BCUT2D eigenvalue weighted by atomic mass is 9.99. The minimum Gasteiger partial charge on any atom is -0.368 e. The molecule has 1 heterocycles. The van der Waals surface area contributed by atoms with Crippen molar-refractivity contribution in [1.82, 2.24) is 5.32 Å². The topological polar surface area (TPSA) is 39.1 Å². The van der Waals surface area contributed by atoms with Gasteiger partial charge in [0.15, 0.2) is 0 Å². The first-order valence-corrected chi connectivity index (χ1v) is 6.80. The maximum Gasteiger partial charge on any atom is 0.127 e. The van der Waals surface area contributed by atoms with Crippen LogP contribution in [0, 0.1) is 23.1 Å². The van der Waals surface area contributed by atoms with Crippen LogP contribution in [-0.4, -0.2) is 26.2 Å². The molecule has 1 fully saturated rings. The molecule has 1 N–H and O–H groups in total. The molecular weight excluding hydrogens is 241 g/mol. The van der Waals surface area contributed by atoms with Crippen molar-refractivity contribution in [2.24, 2.45) is 5.92 Å². The summed E-state index contributed by atoms with van der Waals surface area (Å²) in [5.41, 5.74) is 2.02. The van der Waals surface area contributed by atoms with Crippen molar-refractivity contribution >= 4 is 5.69 Å². The van der Waals surface area contributed by atoms with Gasteiger partial charge in [-0.15, -0.1) is 0 Å². The Morgan fingerprint density at radius 1 is 1.37 bits per heavy atom. The number of nitriles is 1. The van der Waals surface area contributed by atoms with E-state index in [0.29, 0.717) is 23.5 Å². The molecule has 0 radical (unpaired) electrons. The standard InChI is InChI=1S/C15H20FN3/c1-11(2)7-12-9-15(13(10-17)8-14(12)16)19-5-3-18-4-6-19/h8-9,11,18H,3-7H2,1-2H3. The van der Waals surface area contributed by atoms with Crippen LogP contribution in [-0.2, 0) is 6.42 Å². The number of hydrogen-bond donors (Lipinski definition) is 1. The van der Waals surface area contributed by atoms with Crippen LogP contribution in [0.15, 0.2) is 12.1 Å². The molecule has 0 amide bonds. The lowest BCUT2D eigenvalue weighted by Crippen LogP contribution is -2.43. The first kappa shape index (κ1) is 13.8. The van der Waals surface area contributed by atoms with Gasteiger partial charge in [0.05, 0.1) is 11.3 Å². The molecule has 4 heteroatoms. The Bertz CT molecular complexity index is 485. The molecule has 2 rings (SSSR count). The van der Waals surface area contributed by atoms with Crippen LogP contribution in [0.25, 0.3) is 0 Å². The third kappa shape index (κ3) is 3.24. The number of anilines is 1. The van der Waals surface area contributed by atoms with Gasteiger partial charge >= 0.3 is 0 Å². The highest BCUT2D eigenvalue weighted by molar-refractivity contribution is 5.61. The Kier molecular flexibility index (Phi) is 4.39. The molecule has 0 unspecified atom stereocenters. The van der Waals surface area contributed by atoms with E-state index < -0.39 is 0 Å². The first-order chi connectivity index (χ1) is 9.11. The van der Waals surface area contributed by atoms with E-state index in [4.69, 9.17) is 0 Å². The zero-order valence-electron chi connectivity index (χ0n) is 11.5. The van der Waals surface area contributed by atoms with Gasteiger partial charge in [0.1, 0.15) is 11.9 Å². The molecule has 0 aliphatic carbocycles. The Balaban J connectivity index is 2.36. The van der Waals surface area contributed by atoms with Gasteiger partial charge in [-0.25, -0.2) is 4.39 Å². The van der Waals surface area contributed by atoms with Gasteiger partial charge in [-0.05, 0) is 30.0 Å². The second-order valence-corrected chi connectivity index (χ2v) is 5.41. The van der Waals surface area contributed by atoms with Crippen LogP contribution < -0.4 is 10.2 Å². The van der Waals surface area contributed by atoms with Crippen LogP contribution in [0.2, 0.25) is 0 Å². The van der Waals surface area contributed by atoms with Crippen LogP contribution in [0.4, 0.5) is 10.1 Å². The normalized spacial score (nSPS) is 15.6. The van der Waals surface area contributed by atoms with Gasteiger partial charge in [0.2, 0.25) is 0 Å². The molecule has 102 valence electrons. The number of hydrogen-bond acceptors (Lipinski definition) is 3. The van der Waals surface area contributed by atoms with Crippen molar-refractivity contribution in [3.8, 4) is 6.07 Å². The highest BCUT2D eigenvalue weighted by atomic mass is 19.1. The molecule has 0 bridgehead atoms. The highest BCUT2D eigenvalue weighted by Crippen LogP contribution is 2.26. The number of piperazine rings is 1. The summed E-state index contributed by atoms with van der Waals surface area (Å²) < 4.78 is 14.0. The third-order valence-electron chi connectivity index (χ3n) is 3.37. The number of rotatable bonds is 3. The Morgan fingerprint density at radius 2 is 2.05 bits per heavy atom. The molecule has 3 nitrogen and oxygen atoms in total. The highest BCUT2D eigenvalue weighted by Gasteiger charge is 2.17. The fraction of sp³-hybridized carbons (Fsp3) is 0.533. The van der Waals surface area contributed by atoms with Crippen LogP contribution in [0.5, 0.6) is 0 Å². The van der Waals surface area contributed by atoms with Gasteiger partial charge in [0, 0.05) is 26.2 Å². The van der Waals surface area contributed by atoms with E-state index in [1.807, 2.05) is 6.07 Å². The van der Waals surface area contributed by atoms with Crippen molar-refractivity contribution in [3.63, 3.8) is 0 Å². The SMILES string of the molecule is CC(C)Cc1cc(N2CCNCC2)c(C#N)cc1F. The average molecular weight is 261 g/mol. The van der Waals surface area contributed by atoms with E-state index in [1.54, 1.807) is 0 Å². The lowest BCUT2D eigenvalue weighted by molar-refractivity contribution is 0.568. The van der Waals surface area contributed by atoms with E-state index in [1.165, 1.54) is 6.07 Å². The maximum absolute atomic E-state index is 14.0. The summed E-state index contributed by atoms with van der Waals surface area (Å²) in [6.45, 7) is 7.68. The second-order valence-electron chi connectivity index (χ2n) is 5.41. The van der Waals surface area contributed by atoms with Crippen LogP contribution >= 0.6 is 0 Å². The van der Waals surface area contributed by atoms with Crippen LogP contribution in [0.1, 0.15) is 25.0 Å². The summed E-state index contributed by atoms with van der Waals surface area (Å²) in [6.07, 6.45) is 0.705. The third-order valence-corrected chi connectivity index (χ3v) is 3.37. The molecule has 0 saturated carbocycles. The first-order valence-electron chi connectivity index (χ1n) is 6.80. The number of nitrogens with one attached hydrogen (secondary N) is 1. The lowest BCUT2D eigenvalue weighted by Gasteiger charge is -2.30. The fourth-order valence-corrected chi connectivity index (χ4v) is 2.46. The minimum atomic E-state index is -0.260. The van der Waals surface area contributed by atoms with E-state index in [0.717, 1.165) is 31.9 Å². The predicted octanol–water partition coefficient (Wildman–Crippen LogP) is 2.31. The molecule has 19 heavy (non-hydrogen) atoms. The van der Waals surface area contributed by atoms with Crippen molar-refractivity contribution in [2.75, 3.05) is 31.1 Å². The summed E-state index contributed by atoms with van der Waals surface area (Å²) in [7, 11) is 0. The van der Waals surface area contributed by atoms with E-state index in [9.17, 15) is 9.65 Å². The molecule has 0 atom stereocenters. The molecule has 1 aliphatic heterocycles. The summed E-state index contributed by atoms with van der Waals surface area (Å²) in [6, 6.07) is 5.36. The van der Waals surface area contributed by atoms with E-state index >= 15 is 0 Å². The van der Waals surface area contributed by atoms with Gasteiger partial charge in [0.25, 0.3) is 0 Å². The summed E-state index contributed by atoms with van der Waals surface area (Å²) in [5.74, 6) is 0.141. The van der Waals surface area contributed by atoms with Crippen molar-refractivity contribution in [3.05, 3.63) is 29.1 Å². The molecule has 1 aromatic carbocycles. The zero-order valence-corrected chi connectivity index (χ0v) is 11.5. The average Bonchev–Trinajstić information content (AvgIpc) is 2.41. The molecule has 1 aromatic rings. The van der Waals surface area contributed by atoms with E-state index in [2.05, 4.69) is 30.1 Å². The predicted molar refractivity (Wildman–Crippen MR) is 74.7 cm³/mol. The largest absolute Gasteiger partial charge is 0.368 e. The van der Waals surface area contributed by atoms with Crippen molar-refractivity contribution in [1.29, 1.82) is 5.26 Å². The van der Waals surface area contributed by atoms with Gasteiger partial charge in [-0.2, -0.15) is 5.26 Å². The van der Waals surface area contributed by atoms with Gasteiger partial charge < -0.3 is 10.2 Å². The van der Waals surface area contributed by atoms with E-state index in [-0.39, 0.29) is 5.82 Å². The summed E-state index contributed by atoms with van der Waals surface area (Å²) >= 11 is 0. The maximum atomic E-state index is 14.0. The number of benzene rings is 1. The Labute approximate surface area is 114 Å². The second kappa shape index (κ2) is 6.03. The quantitative estimate of drug-likeness (QED) is 0.907. The van der Waals surface area contributed by atoms with Crippen LogP contribution in [0.3, 0.4) is 0 Å². The molecule has 0 aromatic heterocycles. The monoisotopic (exact) mass is 261 g/mol. The molecule has 1 aliphatic rings. The molecular formula is C15H20FN3. The summed E-state index contributed by atoms with van der Waals surface area (Å²) in [4.78, 5) is 2.16. The van der Waals surface area contributed by atoms with Gasteiger partial charge in [-0.1, -0.05) is 13.8 Å². The van der Waals surface area contributed by atoms with Crippen molar-refractivity contribution < 1.29 is 4.39 Å². The zero-order chi connectivity index (χ0) is 13.8. The van der Waals surface area contributed by atoms with Crippen molar-refractivity contribution in [2.45, 2.75) is 20.3 Å². The molecule has 0 spiro atoms. The smallest absolute Gasteiger partial charge is 0.127 e. The minimum absolute atomic E-state index is 0.260. The Morgan fingerprint density at radius 3 is 2.63 bits per heavy atom. The van der Waals surface area contributed by atoms with Gasteiger partial charge in [-0.3, -0.25) is 0 Å². The number of nitrogens with zero attached hydrogens (tertiary/aromatic N) is 2.